The molecule has 0 fully saturated rings. The topological polar surface area (TPSA) is 37.8 Å². The van der Waals surface area contributed by atoms with Crippen molar-refractivity contribution >= 4 is 15.9 Å². The molecule has 0 aliphatic carbocycles. The van der Waals surface area contributed by atoms with Crippen molar-refractivity contribution in [2.24, 2.45) is 0 Å². The van der Waals surface area contributed by atoms with Crippen molar-refractivity contribution in [1.82, 2.24) is 15.3 Å². The van der Waals surface area contributed by atoms with E-state index in [0.29, 0.717) is 15.7 Å². The predicted octanol–water partition coefficient (Wildman–Crippen LogP) is 3.67. The maximum absolute atomic E-state index is 13.1. The maximum atomic E-state index is 13.1. The molecule has 0 saturated heterocycles. The van der Waals surface area contributed by atoms with Gasteiger partial charge in [-0.15, -0.1) is 0 Å². The highest BCUT2D eigenvalue weighted by Crippen LogP contribution is 2.35. The monoisotopic (exact) mass is 361 g/mol. The predicted molar refractivity (Wildman–Crippen MR) is 70.7 cm³/mol. The molecule has 1 aromatic carbocycles. The van der Waals surface area contributed by atoms with Crippen LogP contribution >= 0.6 is 15.9 Å². The van der Waals surface area contributed by atoms with E-state index in [1.807, 2.05) is 0 Å². The Morgan fingerprint density at radius 3 is 2.57 bits per heavy atom. The highest BCUT2D eigenvalue weighted by molar-refractivity contribution is 9.10. The zero-order valence-corrected chi connectivity index (χ0v) is 12.0. The van der Waals surface area contributed by atoms with Crippen molar-refractivity contribution in [3.63, 3.8) is 0 Å². The first-order chi connectivity index (χ1) is 9.86. The molecule has 0 atom stereocenters. The summed E-state index contributed by atoms with van der Waals surface area (Å²) in [5, 5.41) is 2.83. The number of hydrogen-bond acceptors (Lipinski definition) is 3. The molecule has 1 aliphatic rings. The number of nitrogens with one attached hydrogen (secondary N) is 1. The summed E-state index contributed by atoms with van der Waals surface area (Å²) >= 11 is 3.12. The minimum atomic E-state index is -4.56. The molecule has 0 saturated carbocycles. The molecule has 1 aliphatic heterocycles. The van der Waals surface area contributed by atoms with E-state index in [-0.39, 0.29) is 24.5 Å². The number of benzene rings is 1. The standard InChI is InChI=1S/C13H8BrF4N3/c14-9-3-6(15)1-2-7(9)12-20-10-5-19-4-8(10)11(21-12)13(16,17)18/h1-3,19H,4-5H2. The van der Waals surface area contributed by atoms with E-state index in [0.717, 1.165) is 12.1 Å². The van der Waals surface area contributed by atoms with Gasteiger partial charge in [0.15, 0.2) is 11.5 Å². The molecule has 1 N–H and O–H groups in total. The third-order valence-corrected chi connectivity index (χ3v) is 3.78. The number of alkyl halides is 3. The molecule has 2 aromatic rings. The lowest BCUT2D eigenvalue weighted by Crippen LogP contribution is -2.14. The van der Waals surface area contributed by atoms with Gasteiger partial charge in [-0.1, -0.05) is 0 Å². The van der Waals surface area contributed by atoms with E-state index < -0.39 is 17.7 Å². The zero-order chi connectivity index (χ0) is 15.2. The first kappa shape index (κ1) is 14.4. The average Bonchev–Trinajstić information content (AvgIpc) is 2.84. The van der Waals surface area contributed by atoms with Crippen LogP contribution in [0.3, 0.4) is 0 Å². The largest absolute Gasteiger partial charge is 0.433 e. The Balaban J connectivity index is 2.20. The van der Waals surface area contributed by atoms with Crippen LogP contribution in [0.1, 0.15) is 17.0 Å². The number of rotatable bonds is 1. The van der Waals surface area contributed by atoms with Gasteiger partial charge >= 0.3 is 6.18 Å². The molecule has 3 rings (SSSR count). The number of hydrogen-bond donors (Lipinski definition) is 1. The first-order valence-electron chi connectivity index (χ1n) is 5.99. The van der Waals surface area contributed by atoms with Crippen LogP contribution in [0.25, 0.3) is 11.4 Å². The Morgan fingerprint density at radius 2 is 1.90 bits per heavy atom. The Morgan fingerprint density at radius 1 is 1.14 bits per heavy atom. The van der Waals surface area contributed by atoms with Crippen molar-refractivity contribution in [2.75, 3.05) is 0 Å². The molecular weight excluding hydrogens is 354 g/mol. The second kappa shape index (κ2) is 5.03. The van der Waals surface area contributed by atoms with Gasteiger partial charge in [-0.05, 0) is 34.1 Å². The van der Waals surface area contributed by atoms with E-state index in [1.54, 1.807) is 0 Å². The first-order valence-corrected chi connectivity index (χ1v) is 6.78. The maximum Gasteiger partial charge on any atom is 0.433 e. The van der Waals surface area contributed by atoms with Gasteiger partial charge in [-0.2, -0.15) is 13.2 Å². The molecule has 0 amide bonds. The lowest BCUT2D eigenvalue weighted by molar-refractivity contribution is -0.141. The van der Waals surface area contributed by atoms with Crippen LogP contribution in [0, 0.1) is 5.82 Å². The van der Waals surface area contributed by atoms with Gasteiger partial charge in [0.1, 0.15) is 5.82 Å². The third-order valence-electron chi connectivity index (χ3n) is 3.13. The minimum absolute atomic E-state index is 0.0725. The number of aromatic nitrogens is 2. The van der Waals surface area contributed by atoms with Crippen LogP contribution in [0.15, 0.2) is 22.7 Å². The van der Waals surface area contributed by atoms with Crippen molar-refractivity contribution in [2.45, 2.75) is 19.3 Å². The molecule has 2 heterocycles. The molecule has 21 heavy (non-hydrogen) atoms. The second-order valence-corrected chi connectivity index (χ2v) is 5.40. The Bertz CT molecular complexity index is 715. The SMILES string of the molecule is Fc1ccc(-c2nc3c(c(C(F)(F)F)n2)CNC3)c(Br)c1. The van der Waals surface area contributed by atoms with Crippen LogP contribution < -0.4 is 5.32 Å². The van der Waals surface area contributed by atoms with Crippen molar-refractivity contribution in [1.29, 1.82) is 0 Å². The van der Waals surface area contributed by atoms with Crippen LogP contribution in [-0.4, -0.2) is 9.97 Å². The molecule has 0 radical (unpaired) electrons. The minimum Gasteiger partial charge on any atom is -0.307 e. The smallest absolute Gasteiger partial charge is 0.307 e. The fourth-order valence-corrected chi connectivity index (χ4v) is 2.72. The lowest BCUT2D eigenvalue weighted by atomic mass is 10.1. The van der Waals surface area contributed by atoms with E-state index in [1.165, 1.54) is 6.07 Å². The normalized spacial score (nSPS) is 14.3. The summed E-state index contributed by atoms with van der Waals surface area (Å²) in [5.41, 5.74) is -0.228. The van der Waals surface area contributed by atoms with Crippen molar-refractivity contribution < 1.29 is 17.6 Å². The van der Waals surface area contributed by atoms with E-state index in [9.17, 15) is 17.6 Å². The molecule has 1 aromatic heterocycles. The van der Waals surface area contributed by atoms with Gasteiger partial charge < -0.3 is 5.32 Å². The van der Waals surface area contributed by atoms with Crippen LogP contribution in [-0.2, 0) is 19.3 Å². The van der Waals surface area contributed by atoms with Crippen LogP contribution in [0.4, 0.5) is 17.6 Å². The van der Waals surface area contributed by atoms with E-state index in [2.05, 4.69) is 31.2 Å². The van der Waals surface area contributed by atoms with Crippen LogP contribution in [0.5, 0.6) is 0 Å². The number of nitrogens with zero attached hydrogens (tertiary/aromatic N) is 2. The molecule has 0 spiro atoms. The summed E-state index contributed by atoms with van der Waals surface area (Å²) in [4.78, 5) is 7.81. The Labute approximate surface area is 125 Å². The fraction of sp³-hybridized carbons (Fsp3) is 0.231. The van der Waals surface area contributed by atoms with E-state index in [4.69, 9.17) is 0 Å². The highest BCUT2D eigenvalue weighted by Gasteiger charge is 2.38. The van der Waals surface area contributed by atoms with Crippen molar-refractivity contribution in [3.8, 4) is 11.4 Å². The van der Waals surface area contributed by atoms with Gasteiger partial charge in [-0.3, -0.25) is 0 Å². The molecule has 0 bridgehead atoms. The summed E-state index contributed by atoms with van der Waals surface area (Å²) in [5.74, 6) is -0.568. The van der Waals surface area contributed by atoms with Gasteiger partial charge in [-0.25, -0.2) is 14.4 Å². The Kier molecular flexibility index (Phi) is 3.45. The highest BCUT2D eigenvalue weighted by atomic mass is 79.9. The molecule has 8 heteroatoms. The van der Waals surface area contributed by atoms with Gasteiger partial charge in [0.05, 0.1) is 5.69 Å². The van der Waals surface area contributed by atoms with E-state index >= 15 is 0 Å². The lowest BCUT2D eigenvalue weighted by Gasteiger charge is -2.13. The molecule has 110 valence electrons. The molecule has 0 unspecified atom stereocenters. The summed E-state index contributed by atoms with van der Waals surface area (Å²) in [6.45, 7) is 0.349. The average molecular weight is 362 g/mol. The molecule has 3 nitrogen and oxygen atoms in total. The summed E-state index contributed by atoms with van der Waals surface area (Å²) in [6, 6.07) is 3.67. The van der Waals surface area contributed by atoms with Crippen molar-refractivity contribution in [3.05, 3.63) is 45.4 Å². The summed E-state index contributed by atoms with van der Waals surface area (Å²) < 4.78 is 52.7. The van der Waals surface area contributed by atoms with Gasteiger partial charge in [0.2, 0.25) is 0 Å². The summed E-state index contributed by atoms with van der Waals surface area (Å²) in [6.07, 6.45) is -4.56. The van der Waals surface area contributed by atoms with Gasteiger partial charge in [0, 0.05) is 28.7 Å². The molecular formula is C13H8BrF4N3. The Hall–Kier alpha value is -1.54. The quantitative estimate of drug-likeness (QED) is 0.787. The third kappa shape index (κ3) is 2.65. The van der Waals surface area contributed by atoms with Gasteiger partial charge in [0.25, 0.3) is 0 Å². The van der Waals surface area contributed by atoms with Crippen LogP contribution in [0.2, 0.25) is 0 Å². The fourth-order valence-electron chi connectivity index (χ4n) is 2.19. The number of halogens is 5. The number of fused-ring (bicyclic) bond motifs is 1. The summed E-state index contributed by atoms with van der Waals surface area (Å²) in [7, 11) is 0. The zero-order valence-electron chi connectivity index (χ0n) is 10.4. The second-order valence-electron chi connectivity index (χ2n) is 4.55.